The van der Waals surface area contributed by atoms with Gasteiger partial charge >= 0.3 is 5.97 Å². The number of rotatable bonds is 6. The molecule has 2 N–H and O–H groups in total. The number of ether oxygens (including phenoxy) is 1. The predicted octanol–water partition coefficient (Wildman–Crippen LogP) is 2.21. The van der Waals surface area contributed by atoms with Crippen LogP contribution in [0.15, 0.2) is 18.2 Å². The van der Waals surface area contributed by atoms with Crippen molar-refractivity contribution in [1.29, 1.82) is 0 Å². The highest BCUT2D eigenvalue weighted by Crippen LogP contribution is 2.30. The summed E-state index contributed by atoms with van der Waals surface area (Å²) in [4.78, 5) is 10.4. The fourth-order valence-corrected chi connectivity index (χ4v) is 1.45. The molecule has 1 aromatic rings. The van der Waals surface area contributed by atoms with Crippen LogP contribution in [0.3, 0.4) is 0 Å². The summed E-state index contributed by atoms with van der Waals surface area (Å²) in [6, 6.07) is 5.05. The van der Waals surface area contributed by atoms with Gasteiger partial charge in [0.1, 0.15) is 0 Å². The summed E-state index contributed by atoms with van der Waals surface area (Å²) in [6.07, 6.45) is 0.496. The van der Waals surface area contributed by atoms with Gasteiger partial charge in [-0.25, -0.2) is 0 Å². The van der Waals surface area contributed by atoms with Crippen molar-refractivity contribution in [1.82, 2.24) is 0 Å². The van der Waals surface area contributed by atoms with Crippen molar-refractivity contribution < 1.29 is 23.4 Å². The van der Waals surface area contributed by atoms with E-state index in [0.717, 1.165) is 5.56 Å². The molecule has 0 radical (unpaired) electrons. The quantitative estimate of drug-likeness (QED) is 0.747. The van der Waals surface area contributed by atoms with Crippen LogP contribution >= 0.6 is 12.3 Å². The highest BCUT2D eigenvalue weighted by molar-refractivity contribution is 7.89. The molecule has 0 amide bonds. The van der Waals surface area contributed by atoms with Gasteiger partial charge in [-0.05, 0) is 24.1 Å². The molecule has 0 atom stereocenters. The number of aryl methyl sites for hydroxylation is 1. The van der Waals surface area contributed by atoms with Gasteiger partial charge in [-0.15, -0.1) is 0 Å². The zero-order chi connectivity index (χ0) is 12.0. The normalized spacial score (nSPS) is 9.88. The average Bonchev–Trinajstić information content (AvgIpc) is 2.28. The Morgan fingerprint density at radius 2 is 2.19 bits per heavy atom. The first kappa shape index (κ1) is 12.7. The molecule has 0 heterocycles. The summed E-state index contributed by atoms with van der Waals surface area (Å²) in [7, 11) is 1.48. The fourth-order valence-electron chi connectivity index (χ4n) is 1.23. The molecule has 0 saturated carbocycles. The van der Waals surface area contributed by atoms with Crippen LogP contribution in [0.4, 0.5) is 0 Å². The largest absolute Gasteiger partial charge is 0.493 e. The van der Waals surface area contributed by atoms with Crippen molar-refractivity contribution >= 4 is 18.3 Å². The van der Waals surface area contributed by atoms with Gasteiger partial charge in [0.2, 0.25) is 12.3 Å². The number of aliphatic carboxylic acids is 1. The third kappa shape index (κ3) is 3.63. The molecule has 0 spiro atoms. The summed E-state index contributed by atoms with van der Waals surface area (Å²) in [5.41, 5.74) is 0.842. The maximum absolute atomic E-state index is 10.4. The smallest absolute Gasteiger partial charge is 0.303 e. The van der Waals surface area contributed by atoms with Crippen LogP contribution < -0.4 is 8.92 Å². The lowest BCUT2D eigenvalue weighted by molar-refractivity contribution is -0.136. The summed E-state index contributed by atoms with van der Waals surface area (Å²) in [6.45, 7) is 0. The Balaban J connectivity index is 2.77. The zero-order valence-electron chi connectivity index (χ0n) is 8.67. The minimum absolute atomic E-state index is 0.0676. The minimum atomic E-state index is -0.842. The molecular formula is C10H12O5S. The van der Waals surface area contributed by atoms with E-state index in [4.69, 9.17) is 18.6 Å². The van der Waals surface area contributed by atoms with Gasteiger partial charge in [-0.2, -0.15) is 0 Å². The van der Waals surface area contributed by atoms with E-state index in [-0.39, 0.29) is 18.7 Å². The van der Waals surface area contributed by atoms with Gasteiger partial charge in [0.05, 0.1) is 7.11 Å². The molecule has 0 aliphatic carbocycles. The van der Waals surface area contributed by atoms with E-state index in [0.29, 0.717) is 17.9 Å². The molecule has 0 aliphatic rings. The highest BCUT2D eigenvalue weighted by atomic mass is 32.2. The Kier molecular flexibility index (Phi) is 4.94. The molecular weight excluding hydrogens is 232 g/mol. The van der Waals surface area contributed by atoms with E-state index < -0.39 is 5.97 Å². The van der Waals surface area contributed by atoms with Crippen LogP contribution in [-0.2, 0) is 11.2 Å². The topological polar surface area (TPSA) is 76.0 Å². The Hall–Kier alpha value is -1.40. The van der Waals surface area contributed by atoms with Crippen LogP contribution in [0.2, 0.25) is 0 Å². The van der Waals surface area contributed by atoms with Gasteiger partial charge < -0.3 is 14.0 Å². The van der Waals surface area contributed by atoms with Crippen LogP contribution in [0.1, 0.15) is 12.0 Å². The highest BCUT2D eigenvalue weighted by Gasteiger charge is 2.07. The van der Waals surface area contributed by atoms with E-state index in [1.165, 1.54) is 7.11 Å². The second-order valence-electron chi connectivity index (χ2n) is 3.04. The second kappa shape index (κ2) is 6.24. The zero-order valence-corrected chi connectivity index (χ0v) is 9.49. The van der Waals surface area contributed by atoms with Crippen LogP contribution in [0.5, 0.6) is 11.5 Å². The lowest BCUT2D eigenvalue weighted by Crippen LogP contribution is -1.98. The van der Waals surface area contributed by atoms with E-state index in [9.17, 15) is 4.79 Å². The summed E-state index contributed by atoms with van der Waals surface area (Å²) < 4.78 is 18.4. The maximum Gasteiger partial charge on any atom is 0.303 e. The Labute approximate surface area is 97.4 Å². The van der Waals surface area contributed by atoms with Gasteiger partial charge in [-0.1, -0.05) is 6.07 Å². The lowest BCUT2D eigenvalue weighted by atomic mass is 10.1. The molecule has 5 nitrogen and oxygen atoms in total. The first-order chi connectivity index (χ1) is 7.67. The number of benzene rings is 1. The summed E-state index contributed by atoms with van der Waals surface area (Å²) in [5.74, 6) is 0.0173. The third-order valence-electron chi connectivity index (χ3n) is 1.98. The van der Waals surface area contributed by atoms with Crippen molar-refractivity contribution in [3.05, 3.63) is 23.8 Å². The standard InChI is InChI=1S/C10H12O5S/c1-14-9-6-7(3-5-10(11)12)2-4-8(9)15-16-13/h2,4,6,13H,3,5H2,1H3,(H,11,12). The maximum atomic E-state index is 10.4. The molecule has 0 aliphatic heterocycles. The monoisotopic (exact) mass is 244 g/mol. The van der Waals surface area contributed by atoms with Crippen LogP contribution in [-0.4, -0.2) is 22.7 Å². The Morgan fingerprint density at radius 1 is 1.44 bits per heavy atom. The predicted molar refractivity (Wildman–Crippen MR) is 59.8 cm³/mol. The molecule has 0 fully saturated rings. The summed E-state index contributed by atoms with van der Waals surface area (Å²) in [5, 5.41) is 8.55. The Morgan fingerprint density at radius 3 is 2.75 bits per heavy atom. The molecule has 0 saturated heterocycles. The molecule has 0 aromatic heterocycles. The van der Waals surface area contributed by atoms with Gasteiger partial charge in [0.15, 0.2) is 11.5 Å². The van der Waals surface area contributed by atoms with Crippen molar-refractivity contribution in [2.75, 3.05) is 7.11 Å². The molecule has 1 rings (SSSR count). The number of carbonyl (C=O) groups is 1. The first-order valence-corrected chi connectivity index (χ1v) is 5.24. The average molecular weight is 244 g/mol. The number of methoxy groups -OCH3 is 1. The molecule has 16 heavy (non-hydrogen) atoms. The minimum Gasteiger partial charge on any atom is -0.493 e. The van der Waals surface area contributed by atoms with Crippen molar-refractivity contribution in [3.8, 4) is 11.5 Å². The number of hydrogen-bond donors (Lipinski definition) is 2. The van der Waals surface area contributed by atoms with E-state index in [2.05, 4.69) is 0 Å². The van der Waals surface area contributed by atoms with Crippen LogP contribution in [0, 0.1) is 0 Å². The van der Waals surface area contributed by atoms with Gasteiger partial charge in [0, 0.05) is 6.42 Å². The Bertz CT molecular complexity index is 366. The van der Waals surface area contributed by atoms with Crippen LogP contribution in [0.25, 0.3) is 0 Å². The van der Waals surface area contributed by atoms with Crippen molar-refractivity contribution in [2.24, 2.45) is 0 Å². The summed E-state index contributed by atoms with van der Waals surface area (Å²) >= 11 is 0.234. The molecule has 0 unspecified atom stereocenters. The SMILES string of the molecule is COc1cc(CCC(=O)O)ccc1OSO. The number of carboxylic acid groups (broad SMARTS) is 1. The van der Waals surface area contributed by atoms with Gasteiger partial charge in [-0.3, -0.25) is 9.35 Å². The molecule has 6 heteroatoms. The van der Waals surface area contributed by atoms with E-state index in [1.807, 2.05) is 0 Å². The second-order valence-corrected chi connectivity index (χ2v) is 3.35. The molecule has 88 valence electrons. The van der Waals surface area contributed by atoms with E-state index >= 15 is 0 Å². The number of hydrogen-bond acceptors (Lipinski definition) is 5. The van der Waals surface area contributed by atoms with E-state index in [1.54, 1.807) is 18.2 Å². The first-order valence-electron chi connectivity index (χ1n) is 4.54. The molecule has 1 aromatic carbocycles. The number of carboxylic acids is 1. The molecule has 0 bridgehead atoms. The van der Waals surface area contributed by atoms with Crippen molar-refractivity contribution in [2.45, 2.75) is 12.8 Å². The fraction of sp³-hybridized carbons (Fsp3) is 0.300. The van der Waals surface area contributed by atoms with Crippen molar-refractivity contribution in [3.63, 3.8) is 0 Å². The lowest BCUT2D eigenvalue weighted by Gasteiger charge is -2.08. The third-order valence-corrected chi connectivity index (χ3v) is 2.24. The van der Waals surface area contributed by atoms with Gasteiger partial charge in [0.25, 0.3) is 0 Å².